The summed E-state index contributed by atoms with van der Waals surface area (Å²) >= 11 is 3.37. The lowest BCUT2D eigenvalue weighted by Crippen LogP contribution is -2.08. The van der Waals surface area contributed by atoms with Crippen molar-refractivity contribution in [3.8, 4) is 0 Å². The van der Waals surface area contributed by atoms with Crippen molar-refractivity contribution in [3.63, 3.8) is 0 Å². The summed E-state index contributed by atoms with van der Waals surface area (Å²) in [6.07, 6.45) is 0. The molecule has 0 N–H and O–H groups in total. The highest BCUT2D eigenvalue weighted by molar-refractivity contribution is 9.10. The second-order valence-electron chi connectivity index (χ2n) is 2.77. The Balaban J connectivity index is 3.01. The van der Waals surface area contributed by atoms with Gasteiger partial charge in [-0.25, -0.2) is 0 Å². The smallest absolute Gasteiger partial charge is 0.188 e. The molecule has 0 unspecified atom stereocenters. The quantitative estimate of drug-likeness (QED) is 0.762. The van der Waals surface area contributed by atoms with Crippen LogP contribution in [0.15, 0.2) is 22.7 Å². The third kappa shape index (κ3) is 2.39. The Bertz CT molecular complexity index is 321. The summed E-state index contributed by atoms with van der Waals surface area (Å²) in [5, 5.41) is 0. The van der Waals surface area contributed by atoms with Crippen LogP contribution in [0.2, 0.25) is 0 Å². The van der Waals surface area contributed by atoms with E-state index in [0.29, 0.717) is 0 Å². The lowest BCUT2D eigenvalue weighted by Gasteiger charge is -2.05. The van der Waals surface area contributed by atoms with Crippen LogP contribution in [-0.4, -0.2) is 19.5 Å². The van der Waals surface area contributed by atoms with Crippen LogP contribution in [0.3, 0.4) is 0 Å². The molecule has 0 aromatic heterocycles. The molecule has 0 aliphatic rings. The Kier molecular flexibility index (Phi) is 3.63. The average molecular weight is 243 g/mol. The summed E-state index contributed by atoms with van der Waals surface area (Å²) in [6.45, 7) is 2.05. The van der Waals surface area contributed by atoms with Crippen molar-refractivity contribution < 1.29 is 9.53 Å². The van der Waals surface area contributed by atoms with Gasteiger partial charge in [0.25, 0.3) is 0 Å². The van der Waals surface area contributed by atoms with Crippen LogP contribution < -0.4 is 0 Å². The van der Waals surface area contributed by atoms with Gasteiger partial charge < -0.3 is 4.74 Å². The van der Waals surface area contributed by atoms with E-state index in [1.807, 2.05) is 19.1 Å². The Labute approximate surface area is 86.0 Å². The van der Waals surface area contributed by atoms with Gasteiger partial charge >= 0.3 is 0 Å². The minimum absolute atomic E-state index is 0.0151. The maximum atomic E-state index is 11.5. The number of ether oxygens (including phenoxy) is 1. The molecule has 0 radical (unpaired) electrons. The van der Waals surface area contributed by atoms with Gasteiger partial charge in [-0.1, -0.05) is 28.1 Å². The number of halogens is 1. The summed E-state index contributed by atoms with van der Waals surface area (Å²) in [5.74, 6) is 0.0151. The normalized spacial score (nSPS) is 10.1. The molecule has 0 saturated carbocycles. The predicted octanol–water partition coefficient (Wildman–Crippen LogP) is 2.59. The average Bonchev–Trinajstić information content (AvgIpc) is 2.10. The standard InChI is InChI=1S/C10H11BrO2/c1-7-8(10(12)6-13-2)4-3-5-9(7)11/h3-5H,6H2,1-2H3. The molecule has 0 saturated heterocycles. The monoisotopic (exact) mass is 242 g/mol. The first-order chi connectivity index (χ1) is 6.16. The summed E-state index contributed by atoms with van der Waals surface area (Å²) in [7, 11) is 1.52. The summed E-state index contributed by atoms with van der Waals surface area (Å²) < 4.78 is 5.74. The Morgan fingerprint density at radius 1 is 1.54 bits per heavy atom. The van der Waals surface area contributed by atoms with E-state index in [1.165, 1.54) is 7.11 Å². The largest absolute Gasteiger partial charge is 0.377 e. The van der Waals surface area contributed by atoms with Gasteiger partial charge in [0.1, 0.15) is 6.61 Å². The lowest BCUT2D eigenvalue weighted by atomic mass is 10.1. The van der Waals surface area contributed by atoms with Gasteiger partial charge in [-0.3, -0.25) is 4.79 Å². The molecule has 0 fully saturated rings. The third-order valence-corrected chi connectivity index (χ3v) is 2.70. The van der Waals surface area contributed by atoms with Crippen LogP contribution in [-0.2, 0) is 4.74 Å². The molecule has 0 spiro atoms. The fraction of sp³-hybridized carbons (Fsp3) is 0.300. The molecule has 13 heavy (non-hydrogen) atoms. The number of carbonyl (C=O) groups is 1. The van der Waals surface area contributed by atoms with E-state index in [2.05, 4.69) is 15.9 Å². The number of hydrogen-bond acceptors (Lipinski definition) is 2. The predicted molar refractivity (Wildman–Crippen MR) is 55.1 cm³/mol. The summed E-state index contributed by atoms with van der Waals surface area (Å²) in [5.41, 5.74) is 1.68. The minimum atomic E-state index is 0.0151. The molecule has 3 heteroatoms. The van der Waals surface area contributed by atoms with Crippen LogP contribution in [0.1, 0.15) is 15.9 Å². The fourth-order valence-electron chi connectivity index (χ4n) is 1.12. The zero-order chi connectivity index (χ0) is 9.84. The maximum Gasteiger partial charge on any atom is 0.188 e. The number of rotatable bonds is 3. The number of carbonyl (C=O) groups excluding carboxylic acids is 1. The van der Waals surface area contributed by atoms with Crippen molar-refractivity contribution in [1.82, 2.24) is 0 Å². The van der Waals surface area contributed by atoms with E-state index in [9.17, 15) is 4.79 Å². The molecule has 1 aromatic carbocycles. The van der Waals surface area contributed by atoms with Gasteiger partial charge in [-0.05, 0) is 18.6 Å². The molecule has 0 bridgehead atoms. The minimum Gasteiger partial charge on any atom is -0.377 e. The molecule has 0 aliphatic carbocycles. The van der Waals surface area contributed by atoms with E-state index in [4.69, 9.17) is 4.74 Å². The fourth-order valence-corrected chi connectivity index (χ4v) is 1.48. The molecule has 0 atom stereocenters. The van der Waals surface area contributed by atoms with Crippen molar-refractivity contribution >= 4 is 21.7 Å². The first-order valence-electron chi connectivity index (χ1n) is 3.94. The first kappa shape index (κ1) is 10.4. The number of benzene rings is 1. The maximum absolute atomic E-state index is 11.5. The molecule has 1 rings (SSSR count). The molecular formula is C10H11BrO2. The van der Waals surface area contributed by atoms with Crippen molar-refractivity contribution in [3.05, 3.63) is 33.8 Å². The van der Waals surface area contributed by atoms with E-state index in [-0.39, 0.29) is 12.4 Å². The van der Waals surface area contributed by atoms with E-state index >= 15 is 0 Å². The summed E-state index contributed by atoms with van der Waals surface area (Å²) in [6, 6.07) is 5.57. The molecule has 0 aliphatic heterocycles. The number of methoxy groups -OCH3 is 1. The second kappa shape index (κ2) is 4.53. The third-order valence-electron chi connectivity index (χ3n) is 1.84. The van der Waals surface area contributed by atoms with Crippen molar-refractivity contribution in [2.75, 3.05) is 13.7 Å². The van der Waals surface area contributed by atoms with Gasteiger partial charge in [-0.2, -0.15) is 0 Å². The zero-order valence-electron chi connectivity index (χ0n) is 7.63. The number of hydrogen-bond donors (Lipinski definition) is 0. The molecule has 1 aromatic rings. The summed E-state index contributed by atoms with van der Waals surface area (Å²) in [4.78, 5) is 11.5. The SMILES string of the molecule is COCC(=O)c1cccc(Br)c1C. The molecule has 0 heterocycles. The Morgan fingerprint density at radius 3 is 2.85 bits per heavy atom. The van der Waals surface area contributed by atoms with Crippen molar-refractivity contribution in [2.24, 2.45) is 0 Å². The van der Waals surface area contributed by atoms with Crippen LogP contribution in [0.25, 0.3) is 0 Å². The van der Waals surface area contributed by atoms with Gasteiger partial charge in [-0.15, -0.1) is 0 Å². The Morgan fingerprint density at radius 2 is 2.23 bits per heavy atom. The number of Topliss-reactive ketones (excluding diaryl/α,β-unsaturated/α-hetero) is 1. The van der Waals surface area contributed by atoms with E-state index in [1.54, 1.807) is 6.07 Å². The molecule has 70 valence electrons. The highest BCUT2D eigenvalue weighted by atomic mass is 79.9. The zero-order valence-corrected chi connectivity index (χ0v) is 9.22. The van der Waals surface area contributed by atoms with Crippen LogP contribution in [0, 0.1) is 6.92 Å². The highest BCUT2D eigenvalue weighted by Crippen LogP contribution is 2.19. The molecular weight excluding hydrogens is 232 g/mol. The van der Waals surface area contributed by atoms with Crippen molar-refractivity contribution in [2.45, 2.75) is 6.92 Å². The van der Waals surface area contributed by atoms with Crippen LogP contribution >= 0.6 is 15.9 Å². The van der Waals surface area contributed by atoms with E-state index in [0.717, 1.165) is 15.6 Å². The Hall–Kier alpha value is -0.670. The molecule has 0 amide bonds. The lowest BCUT2D eigenvalue weighted by molar-refractivity contribution is 0.0847. The number of ketones is 1. The highest BCUT2D eigenvalue weighted by Gasteiger charge is 2.09. The second-order valence-corrected chi connectivity index (χ2v) is 3.62. The van der Waals surface area contributed by atoms with Gasteiger partial charge in [0.15, 0.2) is 5.78 Å². The topological polar surface area (TPSA) is 26.3 Å². The van der Waals surface area contributed by atoms with Crippen LogP contribution in [0.4, 0.5) is 0 Å². The molecule has 2 nitrogen and oxygen atoms in total. The first-order valence-corrected chi connectivity index (χ1v) is 4.73. The van der Waals surface area contributed by atoms with E-state index < -0.39 is 0 Å². The van der Waals surface area contributed by atoms with Crippen LogP contribution in [0.5, 0.6) is 0 Å². The van der Waals surface area contributed by atoms with Gasteiger partial charge in [0, 0.05) is 17.1 Å². The van der Waals surface area contributed by atoms with Crippen molar-refractivity contribution in [1.29, 1.82) is 0 Å². The van der Waals surface area contributed by atoms with Gasteiger partial charge in [0.05, 0.1) is 0 Å². The van der Waals surface area contributed by atoms with Gasteiger partial charge in [0.2, 0.25) is 0 Å².